The van der Waals surface area contributed by atoms with E-state index in [0.717, 1.165) is 80.7 Å². The summed E-state index contributed by atoms with van der Waals surface area (Å²) < 4.78 is 8.26. The molecular formula is C37H47ClN6O3. The monoisotopic (exact) mass is 658 g/mol. The lowest BCUT2D eigenvalue weighted by Gasteiger charge is -2.45. The number of amides is 2. The zero-order valence-corrected chi connectivity index (χ0v) is 28.3. The molecule has 2 aromatic heterocycles. The number of aromatic nitrogens is 3. The molecule has 10 heteroatoms. The Labute approximate surface area is 283 Å². The van der Waals surface area contributed by atoms with Crippen molar-refractivity contribution in [2.45, 2.75) is 95.9 Å². The van der Waals surface area contributed by atoms with Crippen molar-refractivity contribution in [2.75, 3.05) is 32.7 Å². The number of carbonyl (C=O) groups is 2. The zero-order chi connectivity index (χ0) is 32.3. The van der Waals surface area contributed by atoms with Gasteiger partial charge in [-0.05, 0) is 98.6 Å². The number of pyridine rings is 1. The number of carbonyl (C=O) groups excluding carboxylic acids is 2. The Bertz CT molecular complexity index is 1570. The number of nitrogens with zero attached hydrogens (tertiary/aromatic N) is 6. The first-order chi connectivity index (χ1) is 23.0. The minimum Gasteiger partial charge on any atom is -0.446 e. The van der Waals surface area contributed by atoms with E-state index in [1.54, 1.807) is 4.90 Å². The molecule has 4 heterocycles. The maximum Gasteiger partial charge on any atom is 0.410 e. The molecule has 2 saturated heterocycles. The van der Waals surface area contributed by atoms with Crippen LogP contribution in [-0.4, -0.2) is 86.1 Å². The summed E-state index contributed by atoms with van der Waals surface area (Å²) in [5.41, 5.74) is 5.73. The highest BCUT2D eigenvalue weighted by Crippen LogP contribution is 2.38. The molecule has 4 aliphatic rings. The third-order valence-electron chi connectivity index (χ3n) is 10.7. The fourth-order valence-corrected chi connectivity index (χ4v) is 8.42. The van der Waals surface area contributed by atoms with Crippen molar-refractivity contribution in [1.29, 1.82) is 0 Å². The lowest BCUT2D eigenvalue weighted by molar-refractivity contribution is -0.141. The maximum atomic E-state index is 14.6. The van der Waals surface area contributed by atoms with Gasteiger partial charge in [0.1, 0.15) is 12.1 Å². The number of likely N-dealkylation sites (tertiary alicyclic amines) is 1. The molecule has 47 heavy (non-hydrogen) atoms. The van der Waals surface area contributed by atoms with Crippen molar-refractivity contribution < 1.29 is 14.3 Å². The van der Waals surface area contributed by atoms with Gasteiger partial charge in [-0.25, -0.2) is 9.78 Å². The molecule has 3 fully saturated rings. The van der Waals surface area contributed by atoms with Gasteiger partial charge in [-0.15, -0.1) is 0 Å². The average molecular weight is 659 g/mol. The van der Waals surface area contributed by atoms with Gasteiger partial charge >= 0.3 is 6.09 Å². The molecule has 0 radical (unpaired) electrons. The molecule has 0 bridgehead atoms. The Balaban J connectivity index is 1.16. The number of ether oxygens (including phenoxy) is 1. The second kappa shape index (κ2) is 14.4. The Morgan fingerprint density at radius 3 is 2.64 bits per heavy atom. The number of fused-ring (bicyclic) bond motifs is 2. The highest BCUT2D eigenvalue weighted by molar-refractivity contribution is 6.30. The van der Waals surface area contributed by atoms with Crippen molar-refractivity contribution in [1.82, 2.24) is 29.2 Å². The molecule has 0 N–H and O–H groups in total. The fraction of sp³-hybridized carbons (Fsp3) is 0.568. The first kappa shape index (κ1) is 32.1. The predicted octanol–water partition coefficient (Wildman–Crippen LogP) is 6.08. The predicted molar refractivity (Wildman–Crippen MR) is 181 cm³/mol. The van der Waals surface area contributed by atoms with Crippen LogP contribution in [0.25, 0.3) is 0 Å². The topological polar surface area (TPSA) is 83.8 Å². The second-order valence-corrected chi connectivity index (χ2v) is 14.3. The Kier molecular flexibility index (Phi) is 9.82. The van der Waals surface area contributed by atoms with E-state index >= 15 is 0 Å². The summed E-state index contributed by atoms with van der Waals surface area (Å²) >= 11 is 6.49. The van der Waals surface area contributed by atoms with Crippen molar-refractivity contribution in [3.63, 3.8) is 0 Å². The van der Waals surface area contributed by atoms with Gasteiger partial charge < -0.3 is 14.2 Å². The lowest BCUT2D eigenvalue weighted by atomic mass is 9.94. The van der Waals surface area contributed by atoms with E-state index in [1.165, 1.54) is 23.1 Å². The van der Waals surface area contributed by atoms with Gasteiger partial charge in [0.2, 0.25) is 5.91 Å². The second-order valence-electron chi connectivity index (χ2n) is 13.8. The number of hydrogen-bond acceptors (Lipinski definition) is 6. The molecule has 250 valence electrons. The van der Waals surface area contributed by atoms with Crippen LogP contribution in [0, 0.1) is 5.92 Å². The van der Waals surface area contributed by atoms with Crippen LogP contribution in [-0.2, 0) is 35.3 Å². The molecule has 1 unspecified atom stereocenters. The zero-order valence-electron chi connectivity index (χ0n) is 27.5. The van der Waals surface area contributed by atoms with Crippen LogP contribution >= 0.6 is 11.6 Å². The summed E-state index contributed by atoms with van der Waals surface area (Å²) in [5, 5.41) is 0.728. The van der Waals surface area contributed by atoms with Crippen molar-refractivity contribution in [3.05, 3.63) is 82.2 Å². The minimum atomic E-state index is -0.635. The molecule has 2 amide bonds. The molecular weight excluding hydrogens is 612 g/mol. The van der Waals surface area contributed by atoms with Gasteiger partial charge in [0, 0.05) is 56.7 Å². The highest BCUT2D eigenvalue weighted by atomic mass is 35.5. The molecule has 3 atom stereocenters. The van der Waals surface area contributed by atoms with Gasteiger partial charge in [0.15, 0.2) is 0 Å². The minimum absolute atomic E-state index is 0.0195. The van der Waals surface area contributed by atoms with E-state index in [4.69, 9.17) is 21.3 Å². The number of halogens is 1. The van der Waals surface area contributed by atoms with Gasteiger partial charge in [-0.1, -0.05) is 37.1 Å². The smallest absolute Gasteiger partial charge is 0.410 e. The Morgan fingerprint density at radius 2 is 1.81 bits per heavy atom. The van der Waals surface area contributed by atoms with Gasteiger partial charge in [0.25, 0.3) is 0 Å². The first-order valence-electron chi connectivity index (χ1n) is 17.7. The van der Waals surface area contributed by atoms with Gasteiger partial charge in [0.05, 0.1) is 23.8 Å². The van der Waals surface area contributed by atoms with E-state index in [9.17, 15) is 9.59 Å². The summed E-state index contributed by atoms with van der Waals surface area (Å²) in [5.74, 6) is 0.356. The van der Waals surface area contributed by atoms with Crippen molar-refractivity contribution in [3.8, 4) is 0 Å². The summed E-state index contributed by atoms with van der Waals surface area (Å²) in [6.45, 7) is 5.80. The van der Waals surface area contributed by atoms with E-state index < -0.39 is 6.04 Å². The number of aryl methyl sites for hydroxylation is 3. The standard InChI is InChI=1S/C37H47ClN6O3/c1-2-30-23-41(25-40-30)21-26-8-7-17-43(22-26)36(45)33-24-42(18-19-44(33)37(46)47-31-10-4-3-5-11-31)35-32-15-14-29(38)20-28(32)13-12-27-9-6-16-39-34(27)35/h6,9,14-16,20,23,25-26,31,33,35H,2-5,7-8,10-13,17-19,21-22,24H2,1H3/t26-,33+,35?/m0/s1. The van der Waals surface area contributed by atoms with Crippen LogP contribution in [0.4, 0.5) is 4.79 Å². The normalized spacial score (nSPS) is 23.9. The van der Waals surface area contributed by atoms with E-state index in [0.29, 0.717) is 38.6 Å². The first-order valence-corrected chi connectivity index (χ1v) is 18.1. The molecule has 1 saturated carbocycles. The molecule has 7 rings (SSSR count). The van der Waals surface area contributed by atoms with Crippen LogP contribution in [0.1, 0.15) is 86.0 Å². The fourth-order valence-electron chi connectivity index (χ4n) is 8.23. The Morgan fingerprint density at radius 1 is 0.957 bits per heavy atom. The summed E-state index contributed by atoms with van der Waals surface area (Å²) in [7, 11) is 0. The summed E-state index contributed by atoms with van der Waals surface area (Å²) in [6.07, 6.45) is 15.3. The van der Waals surface area contributed by atoms with Crippen LogP contribution < -0.4 is 0 Å². The van der Waals surface area contributed by atoms with Crippen LogP contribution in [0.3, 0.4) is 0 Å². The number of hydrogen-bond donors (Lipinski definition) is 0. The van der Waals surface area contributed by atoms with Crippen LogP contribution in [0.5, 0.6) is 0 Å². The highest BCUT2D eigenvalue weighted by Gasteiger charge is 2.43. The molecule has 9 nitrogen and oxygen atoms in total. The van der Waals surface area contributed by atoms with Crippen molar-refractivity contribution in [2.24, 2.45) is 5.92 Å². The molecule has 2 aliphatic heterocycles. The lowest BCUT2D eigenvalue weighted by Crippen LogP contribution is -2.62. The van der Waals surface area contributed by atoms with Crippen LogP contribution in [0.15, 0.2) is 49.1 Å². The third-order valence-corrected chi connectivity index (χ3v) is 10.9. The number of rotatable bonds is 6. The van der Waals surface area contributed by atoms with E-state index in [2.05, 4.69) is 45.8 Å². The van der Waals surface area contributed by atoms with Crippen LogP contribution in [0.2, 0.25) is 5.02 Å². The van der Waals surface area contributed by atoms with Gasteiger partial charge in [-0.3, -0.25) is 19.6 Å². The van der Waals surface area contributed by atoms with E-state index in [-0.39, 0.29) is 24.1 Å². The maximum absolute atomic E-state index is 14.6. The molecule has 1 aromatic carbocycles. The number of piperazine rings is 1. The summed E-state index contributed by atoms with van der Waals surface area (Å²) in [6, 6.07) is 9.57. The third kappa shape index (κ3) is 7.07. The SMILES string of the molecule is CCc1cn(C[C@@H]2CCCN(C(=O)[C@H]3CN(C4c5ccc(Cl)cc5CCc5cccnc54)CCN3C(=O)OC3CCCCC3)C2)cn1. The largest absolute Gasteiger partial charge is 0.446 e. The van der Waals surface area contributed by atoms with Gasteiger partial charge in [-0.2, -0.15) is 0 Å². The number of imidazole rings is 1. The summed E-state index contributed by atoms with van der Waals surface area (Å²) in [4.78, 5) is 44.0. The molecule has 2 aliphatic carbocycles. The molecule has 3 aromatic rings. The molecule has 0 spiro atoms. The Hall–Kier alpha value is -3.43. The number of piperidine rings is 1. The van der Waals surface area contributed by atoms with E-state index in [1.807, 2.05) is 29.6 Å². The van der Waals surface area contributed by atoms with Crippen molar-refractivity contribution >= 4 is 23.6 Å². The average Bonchev–Trinajstić information content (AvgIpc) is 3.49. The quantitative estimate of drug-likeness (QED) is 0.320. The number of benzene rings is 1.